The van der Waals surface area contributed by atoms with Crippen LogP contribution in [0.1, 0.15) is 18.2 Å². The number of guanidine groups is 1. The SMILES string of the molecule is CCNC(=NCc1cccc(OCCN2CCOCC2)c1)NCc1ccnn1C.I. The number of aromatic nitrogens is 2. The van der Waals surface area contributed by atoms with Gasteiger partial charge in [-0.1, -0.05) is 12.1 Å². The van der Waals surface area contributed by atoms with E-state index in [1.54, 1.807) is 6.20 Å². The molecule has 30 heavy (non-hydrogen) atoms. The fraction of sp³-hybridized carbons (Fsp3) is 0.524. The summed E-state index contributed by atoms with van der Waals surface area (Å²) in [4.78, 5) is 7.06. The van der Waals surface area contributed by atoms with Gasteiger partial charge in [0.05, 0.1) is 32.0 Å². The molecule has 1 aromatic heterocycles. The van der Waals surface area contributed by atoms with Crippen LogP contribution in [0, 0.1) is 0 Å². The number of aryl methyl sites for hydroxylation is 1. The van der Waals surface area contributed by atoms with Crippen molar-refractivity contribution < 1.29 is 9.47 Å². The maximum Gasteiger partial charge on any atom is 0.191 e. The van der Waals surface area contributed by atoms with Crippen LogP contribution >= 0.6 is 24.0 Å². The van der Waals surface area contributed by atoms with Crippen LogP contribution in [0.15, 0.2) is 41.5 Å². The van der Waals surface area contributed by atoms with Crippen LogP contribution in [-0.2, 0) is 24.9 Å². The Morgan fingerprint density at radius 2 is 2.07 bits per heavy atom. The van der Waals surface area contributed by atoms with Crippen molar-refractivity contribution in [3.63, 3.8) is 0 Å². The molecule has 2 heterocycles. The lowest BCUT2D eigenvalue weighted by atomic mass is 10.2. The van der Waals surface area contributed by atoms with Gasteiger partial charge < -0.3 is 20.1 Å². The summed E-state index contributed by atoms with van der Waals surface area (Å²) in [5.74, 6) is 1.67. The minimum absolute atomic E-state index is 0. The summed E-state index contributed by atoms with van der Waals surface area (Å²) in [6.45, 7) is 9.33. The van der Waals surface area contributed by atoms with E-state index in [-0.39, 0.29) is 24.0 Å². The van der Waals surface area contributed by atoms with Gasteiger partial charge in [0.1, 0.15) is 12.4 Å². The second-order valence-corrected chi connectivity index (χ2v) is 6.94. The van der Waals surface area contributed by atoms with E-state index < -0.39 is 0 Å². The van der Waals surface area contributed by atoms with Gasteiger partial charge in [-0.3, -0.25) is 9.58 Å². The summed E-state index contributed by atoms with van der Waals surface area (Å²) in [5, 5.41) is 10.8. The highest BCUT2D eigenvalue weighted by atomic mass is 127. The predicted molar refractivity (Wildman–Crippen MR) is 129 cm³/mol. The maximum absolute atomic E-state index is 5.94. The topological polar surface area (TPSA) is 75.9 Å². The number of nitrogens with zero attached hydrogens (tertiary/aromatic N) is 4. The minimum Gasteiger partial charge on any atom is -0.492 e. The number of benzene rings is 1. The highest BCUT2D eigenvalue weighted by molar-refractivity contribution is 14.0. The molecule has 166 valence electrons. The molecule has 0 aliphatic carbocycles. The Hall–Kier alpha value is -1.85. The van der Waals surface area contributed by atoms with Crippen molar-refractivity contribution in [2.75, 3.05) is 46.0 Å². The lowest BCUT2D eigenvalue weighted by molar-refractivity contribution is 0.0322. The standard InChI is InChI=1S/C21H32N6O2.HI/c1-3-22-21(24-17-19-7-8-25-26(19)2)23-16-18-5-4-6-20(15-18)29-14-11-27-9-12-28-13-10-27;/h4-8,15H,3,9-14,16-17H2,1-2H3,(H2,22,23,24);1H. The molecule has 1 saturated heterocycles. The van der Waals surface area contributed by atoms with Crippen molar-refractivity contribution in [1.82, 2.24) is 25.3 Å². The highest BCUT2D eigenvalue weighted by Crippen LogP contribution is 2.14. The molecule has 0 bridgehead atoms. The Bertz CT molecular complexity index is 776. The van der Waals surface area contributed by atoms with Crippen LogP contribution in [0.3, 0.4) is 0 Å². The van der Waals surface area contributed by atoms with Crippen LogP contribution in [0.25, 0.3) is 0 Å². The first-order valence-electron chi connectivity index (χ1n) is 10.3. The Kier molecular flexibility index (Phi) is 11.0. The zero-order valence-corrected chi connectivity index (χ0v) is 20.2. The second-order valence-electron chi connectivity index (χ2n) is 6.94. The number of nitrogens with one attached hydrogen (secondary N) is 2. The number of halogens is 1. The van der Waals surface area contributed by atoms with Crippen molar-refractivity contribution in [2.24, 2.45) is 12.0 Å². The molecule has 2 N–H and O–H groups in total. The smallest absolute Gasteiger partial charge is 0.191 e. The van der Waals surface area contributed by atoms with E-state index in [0.29, 0.717) is 19.7 Å². The summed E-state index contributed by atoms with van der Waals surface area (Å²) in [6.07, 6.45) is 1.80. The first-order valence-corrected chi connectivity index (χ1v) is 10.3. The van der Waals surface area contributed by atoms with Gasteiger partial charge in [0.2, 0.25) is 0 Å². The molecule has 0 atom stereocenters. The van der Waals surface area contributed by atoms with Gasteiger partial charge in [0, 0.05) is 39.4 Å². The van der Waals surface area contributed by atoms with E-state index in [4.69, 9.17) is 14.5 Å². The molecule has 0 spiro atoms. The minimum atomic E-state index is 0. The van der Waals surface area contributed by atoms with Crippen LogP contribution in [0.5, 0.6) is 5.75 Å². The number of hydrogen-bond donors (Lipinski definition) is 2. The molecule has 0 unspecified atom stereocenters. The van der Waals surface area contributed by atoms with Gasteiger partial charge in [0.25, 0.3) is 0 Å². The highest BCUT2D eigenvalue weighted by Gasteiger charge is 2.09. The molecule has 0 amide bonds. The molecule has 2 aromatic rings. The van der Waals surface area contributed by atoms with Crippen LogP contribution < -0.4 is 15.4 Å². The molecule has 1 fully saturated rings. The largest absolute Gasteiger partial charge is 0.492 e. The van der Waals surface area contributed by atoms with E-state index in [9.17, 15) is 0 Å². The average Bonchev–Trinajstić information content (AvgIpc) is 3.16. The Balaban J connectivity index is 0.00000320. The maximum atomic E-state index is 5.94. The van der Waals surface area contributed by atoms with E-state index in [0.717, 1.165) is 62.4 Å². The molecule has 0 radical (unpaired) electrons. The third-order valence-corrected chi connectivity index (χ3v) is 4.80. The van der Waals surface area contributed by atoms with E-state index in [1.807, 2.05) is 29.9 Å². The van der Waals surface area contributed by atoms with Crippen LogP contribution in [0.2, 0.25) is 0 Å². The van der Waals surface area contributed by atoms with Gasteiger partial charge in [-0.15, -0.1) is 24.0 Å². The first-order chi connectivity index (χ1) is 14.2. The molecular formula is C21H33IN6O2. The van der Waals surface area contributed by atoms with Gasteiger partial charge in [-0.2, -0.15) is 5.10 Å². The number of morpholine rings is 1. The van der Waals surface area contributed by atoms with E-state index in [1.165, 1.54) is 0 Å². The monoisotopic (exact) mass is 528 g/mol. The lowest BCUT2D eigenvalue weighted by Gasteiger charge is -2.26. The number of aliphatic imine (C=N–C) groups is 1. The van der Waals surface area contributed by atoms with Gasteiger partial charge in [0.15, 0.2) is 5.96 Å². The summed E-state index contributed by atoms with van der Waals surface area (Å²) >= 11 is 0. The molecule has 9 heteroatoms. The van der Waals surface area contributed by atoms with E-state index in [2.05, 4.69) is 39.7 Å². The second kappa shape index (κ2) is 13.5. The summed E-state index contributed by atoms with van der Waals surface area (Å²) in [6, 6.07) is 10.1. The Morgan fingerprint density at radius 1 is 1.23 bits per heavy atom. The van der Waals surface area contributed by atoms with Crippen molar-refractivity contribution in [2.45, 2.75) is 20.0 Å². The van der Waals surface area contributed by atoms with Gasteiger partial charge in [-0.05, 0) is 30.7 Å². The van der Waals surface area contributed by atoms with Crippen molar-refractivity contribution >= 4 is 29.9 Å². The zero-order valence-electron chi connectivity index (χ0n) is 17.8. The zero-order chi connectivity index (χ0) is 20.3. The fourth-order valence-electron chi connectivity index (χ4n) is 3.11. The molecule has 1 aromatic carbocycles. The molecule has 8 nitrogen and oxygen atoms in total. The third kappa shape index (κ3) is 8.11. The van der Waals surface area contributed by atoms with Crippen LogP contribution in [0.4, 0.5) is 0 Å². The van der Waals surface area contributed by atoms with Crippen molar-refractivity contribution in [3.05, 3.63) is 47.8 Å². The number of rotatable bonds is 9. The van der Waals surface area contributed by atoms with E-state index >= 15 is 0 Å². The fourth-order valence-corrected chi connectivity index (χ4v) is 3.11. The molecular weight excluding hydrogens is 495 g/mol. The Labute approximate surface area is 196 Å². The molecule has 1 aliphatic rings. The average molecular weight is 528 g/mol. The lowest BCUT2D eigenvalue weighted by Crippen LogP contribution is -2.38. The third-order valence-electron chi connectivity index (χ3n) is 4.80. The summed E-state index contributed by atoms with van der Waals surface area (Å²) in [7, 11) is 1.94. The van der Waals surface area contributed by atoms with Gasteiger partial charge in [-0.25, -0.2) is 4.99 Å². The van der Waals surface area contributed by atoms with Gasteiger partial charge >= 0.3 is 0 Å². The Morgan fingerprint density at radius 3 is 2.80 bits per heavy atom. The quantitative estimate of drug-likeness (QED) is 0.295. The molecule has 1 aliphatic heterocycles. The number of hydrogen-bond acceptors (Lipinski definition) is 5. The van der Waals surface area contributed by atoms with Crippen molar-refractivity contribution in [1.29, 1.82) is 0 Å². The first kappa shape index (κ1) is 24.4. The molecule has 3 rings (SSSR count). The summed E-state index contributed by atoms with van der Waals surface area (Å²) < 4.78 is 13.2. The van der Waals surface area contributed by atoms with Crippen molar-refractivity contribution in [3.8, 4) is 5.75 Å². The molecule has 0 saturated carbocycles. The van der Waals surface area contributed by atoms with Crippen LogP contribution in [-0.4, -0.2) is 66.6 Å². The number of ether oxygens (including phenoxy) is 2. The predicted octanol–water partition coefficient (Wildman–Crippen LogP) is 2.00. The summed E-state index contributed by atoms with van der Waals surface area (Å²) in [5.41, 5.74) is 2.22. The normalized spacial score (nSPS) is 14.8.